The first-order valence-corrected chi connectivity index (χ1v) is 7.78. The predicted molar refractivity (Wildman–Crippen MR) is 87.8 cm³/mol. The quantitative estimate of drug-likeness (QED) is 0.495. The van der Waals surface area contributed by atoms with Gasteiger partial charge in [-0.3, -0.25) is 0 Å². The van der Waals surface area contributed by atoms with Gasteiger partial charge in [0.2, 0.25) is 0 Å². The van der Waals surface area contributed by atoms with Gasteiger partial charge in [0, 0.05) is 0 Å². The average molecular weight is 394 g/mol. The molecule has 0 aliphatic rings. The first kappa shape index (κ1) is 24.2. The van der Waals surface area contributed by atoms with Crippen LogP contribution in [0.5, 0.6) is 0 Å². The molecule has 0 radical (unpaired) electrons. The molecule has 0 fully saturated rings. The minimum atomic E-state index is -5.08. The van der Waals surface area contributed by atoms with Crippen molar-refractivity contribution >= 4 is 18.0 Å². The molecular formula is C16H21F3N2O6. The number of alkyl halides is 3. The van der Waals surface area contributed by atoms with E-state index in [-0.39, 0.29) is 6.61 Å². The Bertz CT molecular complexity index is 596. The zero-order chi connectivity index (χ0) is 20.9. The number of halogens is 3. The van der Waals surface area contributed by atoms with Gasteiger partial charge in [0.1, 0.15) is 12.6 Å². The Morgan fingerprint density at radius 2 is 1.67 bits per heavy atom. The number of carboxylic acids is 2. The van der Waals surface area contributed by atoms with Crippen molar-refractivity contribution in [2.24, 2.45) is 5.73 Å². The summed E-state index contributed by atoms with van der Waals surface area (Å²) in [7, 11) is 0. The number of ether oxygens (including phenoxy) is 1. The zero-order valence-electron chi connectivity index (χ0n) is 14.2. The Morgan fingerprint density at radius 3 is 2.11 bits per heavy atom. The molecule has 1 amide bonds. The molecule has 152 valence electrons. The van der Waals surface area contributed by atoms with Gasteiger partial charge in [-0.15, -0.1) is 0 Å². The Hall–Kier alpha value is -2.82. The number of hydrogen-bond acceptors (Lipinski definition) is 5. The summed E-state index contributed by atoms with van der Waals surface area (Å²) in [5.74, 6) is -3.83. The molecule has 27 heavy (non-hydrogen) atoms. The third-order valence-electron chi connectivity index (χ3n) is 2.99. The summed E-state index contributed by atoms with van der Waals surface area (Å²) in [4.78, 5) is 31.4. The molecule has 0 unspecified atom stereocenters. The second kappa shape index (κ2) is 12.5. The topological polar surface area (TPSA) is 139 Å². The number of amides is 1. The molecule has 0 aromatic heterocycles. The largest absolute Gasteiger partial charge is 0.490 e. The molecule has 0 bridgehead atoms. The third-order valence-corrected chi connectivity index (χ3v) is 2.99. The zero-order valence-corrected chi connectivity index (χ0v) is 14.2. The van der Waals surface area contributed by atoms with Crippen molar-refractivity contribution in [2.75, 3.05) is 6.54 Å². The van der Waals surface area contributed by atoms with Gasteiger partial charge in [0.25, 0.3) is 0 Å². The van der Waals surface area contributed by atoms with Crippen molar-refractivity contribution in [3.8, 4) is 0 Å². The van der Waals surface area contributed by atoms with Gasteiger partial charge in [0.15, 0.2) is 0 Å². The molecular weight excluding hydrogens is 373 g/mol. The molecule has 0 aliphatic carbocycles. The first-order chi connectivity index (χ1) is 12.6. The number of aliphatic carboxylic acids is 2. The van der Waals surface area contributed by atoms with E-state index in [9.17, 15) is 22.8 Å². The molecule has 1 aromatic carbocycles. The Morgan fingerprint density at radius 1 is 1.11 bits per heavy atom. The lowest BCUT2D eigenvalue weighted by Crippen LogP contribution is -2.41. The lowest BCUT2D eigenvalue weighted by molar-refractivity contribution is -0.192. The van der Waals surface area contributed by atoms with Crippen LogP contribution >= 0.6 is 0 Å². The van der Waals surface area contributed by atoms with E-state index in [2.05, 4.69) is 5.32 Å². The molecule has 1 rings (SSSR count). The summed E-state index contributed by atoms with van der Waals surface area (Å²) in [6, 6.07) is 8.24. The maximum Gasteiger partial charge on any atom is 0.490 e. The van der Waals surface area contributed by atoms with Crippen LogP contribution in [-0.2, 0) is 20.9 Å². The SMILES string of the molecule is NCCCC[C@H](NC(=O)OCc1ccccc1)C(=O)O.O=C(O)C(F)(F)F. The number of carboxylic acid groups (broad SMARTS) is 2. The van der Waals surface area contributed by atoms with Crippen LogP contribution in [0.3, 0.4) is 0 Å². The highest BCUT2D eigenvalue weighted by molar-refractivity contribution is 5.79. The van der Waals surface area contributed by atoms with Crippen molar-refractivity contribution in [3.63, 3.8) is 0 Å². The van der Waals surface area contributed by atoms with E-state index in [4.69, 9.17) is 25.5 Å². The molecule has 0 heterocycles. The van der Waals surface area contributed by atoms with Crippen molar-refractivity contribution in [1.82, 2.24) is 5.32 Å². The number of nitrogens with one attached hydrogen (secondary N) is 1. The molecule has 8 nitrogen and oxygen atoms in total. The summed E-state index contributed by atoms with van der Waals surface area (Å²) in [6.45, 7) is 0.618. The molecule has 1 atom stereocenters. The van der Waals surface area contributed by atoms with Crippen LogP contribution in [0.25, 0.3) is 0 Å². The summed E-state index contributed by atoms with van der Waals surface area (Å²) in [5.41, 5.74) is 6.19. The highest BCUT2D eigenvalue weighted by atomic mass is 19.4. The average Bonchev–Trinajstić information content (AvgIpc) is 2.59. The van der Waals surface area contributed by atoms with Gasteiger partial charge in [-0.05, 0) is 31.4 Å². The number of carbonyl (C=O) groups excluding carboxylic acids is 1. The third kappa shape index (κ3) is 12.2. The first-order valence-electron chi connectivity index (χ1n) is 7.78. The van der Waals surface area contributed by atoms with Crippen LogP contribution in [0.1, 0.15) is 24.8 Å². The number of rotatable bonds is 8. The summed E-state index contributed by atoms with van der Waals surface area (Å²) in [5, 5.41) is 18.5. The van der Waals surface area contributed by atoms with E-state index in [1.54, 1.807) is 0 Å². The van der Waals surface area contributed by atoms with Gasteiger partial charge in [-0.25, -0.2) is 14.4 Å². The van der Waals surface area contributed by atoms with Crippen LogP contribution in [0.15, 0.2) is 30.3 Å². The van der Waals surface area contributed by atoms with Crippen LogP contribution in [0.4, 0.5) is 18.0 Å². The molecule has 0 saturated carbocycles. The number of hydrogen-bond donors (Lipinski definition) is 4. The molecule has 0 aliphatic heterocycles. The fourth-order valence-corrected chi connectivity index (χ4v) is 1.66. The van der Waals surface area contributed by atoms with Crippen LogP contribution in [0, 0.1) is 0 Å². The van der Waals surface area contributed by atoms with E-state index in [0.717, 1.165) is 12.0 Å². The number of unbranched alkanes of at least 4 members (excludes halogenated alkanes) is 1. The summed E-state index contributed by atoms with van der Waals surface area (Å²) >= 11 is 0. The lowest BCUT2D eigenvalue weighted by Gasteiger charge is -2.14. The monoisotopic (exact) mass is 394 g/mol. The normalized spacial score (nSPS) is 11.6. The number of nitrogens with two attached hydrogens (primary N) is 1. The van der Waals surface area contributed by atoms with Gasteiger partial charge >= 0.3 is 24.2 Å². The maximum absolute atomic E-state index is 11.5. The Balaban J connectivity index is 0.000000821. The predicted octanol–water partition coefficient (Wildman–Crippen LogP) is 2.13. The fraction of sp³-hybridized carbons (Fsp3) is 0.438. The minimum Gasteiger partial charge on any atom is -0.480 e. The van der Waals surface area contributed by atoms with E-state index in [1.807, 2.05) is 30.3 Å². The second-order valence-corrected chi connectivity index (χ2v) is 5.18. The van der Waals surface area contributed by atoms with E-state index < -0.39 is 30.2 Å². The van der Waals surface area contributed by atoms with Gasteiger partial charge in [-0.2, -0.15) is 13.2 Å². The number of benzene rings is 1. The molecule has 0 saturated heterocycles. The van der Waals surface area contributed by atoms with E-state index in [0.29, 0.717) is 19.4 Å². The van der Waals surface area contributed by atoms with Crippen molar-refractivity contribution < 1.29 is 42.5 Å². The second-order valence-electron chi connectivity index (χ2n) is 5.18. The molecule has 0 spiro atoms. The Kier molecular flexibility index (Phi) is 11.2. The van der Waals surface area contributed by atoms with Crippen molar-refractivity contribution in [2.45, 2.75) is 38.1 Å². The van der Waals surface area contributed by atoms with Crippen molar-refractivity contribution in [3.05, 3.63) is 35.9 Å². The molecule has 5 N–H and O–H groups in total. The number of carbonyl (C=O) groups is 3. The molecule has 1 aromatic rings. The fourth-order valence-electron chi connectivity index (χ4n) is 1.66. The Labute approximate surface area is 153 Å². The standard InChI is InChI=1S/C14H20N2O4.C2HF3O2/c15-9-5-4-8-12(13(17)18)16-14(19)20-10-11-6-2-1-3-7-11;3-2(4,5)1(6)7/h1-3,6-7,12H,4-5,8-10,15H2,(H,16,19)(H,17,18);(H,6,7)/t12-;/m0./s1. The minimum absolute atomic E-state index is 0.113. The summed E-state index contributed by atoms with van der Waals surface area (Å²) < 4.78 is 36.7. The van der Waals surface area contributed by atoms with Crippen LogP contribution < -0.4 is 11.1 Å². The van der Waals surface area contributed by atoms with Gasteiger partial charge < -0.3 is 26.0 Å². The van der Waals surface area contributed by atoms with Crippen LogP contribution in [-0.4, -0.2) is 47.0 Å². The smallest absolute Gasteiger partial charge is 0.480 e. The van der Waals surface area contributed by atoms with Gasteiger partial charge in [0.05, 0.1) is 0 Å². The molecule has 11 heteroatoms. The van der Waals surface area contributed by atoms with E-state index in [1.165, 1.54) is 0 Å². The number of alkyl carbamates (subject to hydrolysis) is 1. The van der Waals surface area contributed by atoms with Crippen molar-refractivity contribution in [1.29, 1.82) is 0 Å². The van der Waals surface area contributed by atoms with Gasteiger partial charge in [-0.1, -0.05) is 30.3 Å². The maximum atomic E-state index is 11.5. The highest BCUT2D eigenvalue weighted by Gasteiger charge is 2.38. The lowest BCUT2D eigenvalue weighted by atomic mass is 10.1. The summed E-state index contributed by atoms with van der Waals surface area (Å²) in [6.07, 6.45) is -4.10. The highest BCUT2D eigenvalue weighted by Crippen LogP contribution is 2.13. The van der Waals surface area contributed by atoms with E-state index >= 15 is 0 Å². The van der Waals surface area contributed by atoms with Crippen LogP contribution in [0.2, 0.25) is 0 Å².